The first-order valence-electron chi connectivity index (χ1n) is 5.68. The van der Waals surface area contributed by atoms with E-state index in [9.17, 15) is 12.8 Å². The molecule has 0 saturated carbocycles. The van der Waals surface area contributed by atoms with E-state index in [1.165, 1.54) is 18.2 Å². The summed E-state index contributed by atoms with van der Waals surface area (Å²) >= 11 is 5.58. The molecule has 1 fully saturated rings. The molecule has 0 bridgehead atoms. The summed E-state index contributed by atoms with van der Waals surface area (Å²) < 4.78 is 40.2. The Balaban J connectivity index is 0.00000180. The molecule has 2 N–H and O–H groups in total. The van der Waals surface area contributed by atoms with Gasteiger partial charge in [-0.3, -0.25) is 0 Å². The maximum Gasteiger partial charge on any atom is 0.243 e. The summed E-state index contributed by atoms with van der Waals surface area (Å²) in [6.45, 7) is 1.44. The van der Waals surface area contributed by atoms with Crippen LogP contribution in [0.3, 0.4) is 0 Å². The average Bonchev–Trinajstić information content (AvgIpc) is 2.33. The fourth-order valence-electron chi connectivity index (χ4n) is 1.93. The normalized spacial score (nSPS) is 19.8. The van der Waals surface area contributed by atoms with E-state index in [-0.39, 0.29) is 23.5 Å². The largest absolute Gasteiger partial charge is 0.315 e. The topological polar surface area (TPSA) is 58.2 Å². The predicted molar refractivity (Wildman–Crippen MR) is 74.9 cm³/mol. The highest BCUT2D eigenvalue weighted by Gasteiger charge is 2.25. The van der Waals surface area contributed by atoms with Crippen molar-refractivity contribution >= 4 is 34.0 Å². The first-order chi connectivity index (χ1) is 8.50. The summed E-state index contributed by atoms with van der Waals surface area (Å²) in [7, 11) is -3.86. The minimum atomic E-state index is -3.86. The van der Waals surface area contributed by atoms with Crippen LogP contribution in [0.5, 0.6) is 0 Å². The fourth-order valence-corrected chi connectivity index (χ4v) is 3.53. The van der Waals surface area contributed by atoms with Gasteiger partial charge in [-0.05, 0) is 31.5 Å². The lowest BCUT2D eigenvalue weighted by molar-refractivity contribution is 0.427. The molecule has 2 rings (SSSR count). The molecule has 0 radical (unpaired) electrons. The molecule has 8 heteroatoms. The van der Waals surface area contributed by atoms with Gasteiger partial charge in [-0.15, -0.1) is 12.4 Å². The lowest BCUT2D eigenvalue weighted by Gasteiger charge is -2.23. The lowest BCUT2D eigenvalue weighted by atomic mass is 10.1. The second-order valence-electron chi connectivity index (χ2n) is 4.22. The van der Waals surface area contributed by atoms with Crippen LogP contribution in [0.15, 0.2) is 23.1 Å². The quantitative estimate of drug-likeness (QED) is 0.891. The summed E-state index contributed by atoms with van der Waals surface area (Å²) in [6.07, 6.45) is 1.64. The zero-order valence-electron chi connectivity index (χ0n) is 10.0. The van der Waals surface area contributed by atoms with Crippen molar-refractivity contribution in [3.63, 3.8) is 0 Å². The van der Waals surface area contributed by atoms with E-state index in [0.29, 0.717) is 6.54 Å². The Morgan fingerprint density at radius 1 is 1.42 bits per heavy atom. The molecule has 0 unspecified atom stereocenters. The number of hydrogen-bond acceptors (Lipinski definition) is 3. The van der Waals surface area contributed by atoms with Crippen molar-refractivity contribution in [3.05, 3.63) is 29.0 Å². The van der Waals surface area contributed by atoms with Crippen LogP contribution in [0.2, 0.25) is 5.02 Å². The summed E-state index contributed by atoms with van der Waals surface area (Å²) in [5.74, 6) is -0.907. The van der Waals surface area contributed by atoms with Gasteiger partial charge in [0.2, 0.25) is 10.0 Å². The van der Waals surface area contributed by atoms with Gasteiger partial charge in [-0.1, -0.05) is 17.7 Å². The number of nitrogens with one attached hydrogen (secondary N) is 2. The van der Waals surface area contributed by atoms with Gasteiger partial charge in [0.15, 0.2) is 5.82 Å². The van der Waals surface area contributed by atoms with Gasteiger partial charge in [-0.25, -0.2) is 17.5 Å². The first kappa shape index (κ1) is 16.7. The Bertz CT molecular complexity index is 533. The molecular formula is C11H15Cl2FN2O2S. The molecule has 1 heterocycles. The number of piperidine rings is 1. The third-order valence-electron chi connectivity index (χ3n) is 2.82. The van der Waals surface area contributed by atoms with E-state index in [1.807, 2.05) is 0 Å². The molecule has 1 atom stereocenters. The highest BCUT2D eigenvalue weighted by Crippen LogP contribution is 2.22. The van der Waals surface area contributed by atoms with Crippen LogP contribution in [0.1, 0.15) is 12.8 Å². The molecule has 19 heavy (non-hydrogen) atoms. The predicted octanol–water partition coefficient (Wildman–Crippen LogP) is 1.93. The van der Waals surface area contributed by atoms with Crippen LogP contribution < -0.4 is 10.0 Å². The zero-order chi connectivity index (χ0) is 13.2. The second kappa shape index (κ2) is 6.85. The van der Waals surface area contributed by atoms with E-state index in [0.717, 1.165) is 19.4 Å². The maximum absolute atomic E-state index is 13.7. The van der Waals surface area contributed by atoms with E-state index in [1.54, 1.807) is 0 Å². The highest BCUT2D eigenvalue weighted by atomic mass is 35.5. The van der Waals surface area contributed by atoms with Gasteiger partial charge in [-0.2, -0.15) is 0 Å². The van der Waals surface area contributed by atoms with Crippen molar-refractivity contribution in [1.29, 1.82) is 0 Å². The lowest BCUT2D eigenvalue weighted by Crippen LogP contribution is -2.45. The Morgan fingerprint density at radius 3 is 2.79 bits per heavy atom. The van der Waals surface area contributed by atoms with Crippen LogP contribution in [-0.2, 0) is 10.0 Å². The molecule has 4 nitrogen and oxygen atoms in total. The third kappa shape index (κ3) is 4.03. The number of benzene rings is 1. The number of rotatable bonds is 3. The summed E-state index contributed by atoms with van der Waals surface area (Å²) in [5, 5.41) is 2.89. The van der Waals surface area contributed by atoms with Crippen molar-refractivity contribution in [3.8, 4) is 0 Å². The summed E-state index contributed by atoms with van der Waals surface area (Å²) in [5.41, 5.74) is 0. The average molecular weight is 329 g/mol. The Labute approximate surface area is 123 Å². The number of hydrogen-bond donors (Lipinski definition) is 2. The molecular weight excluding hydrogens is 314 g/mol. The molecule has 1 aliphatic rings. The molecule has 108 valence electrons. The van der Waals surface area contributed by atoms with E-state index in [4.69, 9.17) is 11.6 Å². The first-order valence-corrected chi connectivity index (χ1v) is 7.54. The molecule has 0 amide bonds. The SMILES string of the molecule is Cl.O=S(=O)(N[C@@H]1CCCNC1)c1cccc(Cl)c1F. The summed E-state index contributed by atoms with van der Waals surface area (Å²) in [6, 6.07) is 3.74. The van der Waals surface area contributed by atoms with Gasteiger partial charge >= 0.3 is 0 Å². The molecule has 1 aliphatic heterocycles. The summed E-state index contributed by atoms with van der Waals surface area (Å²) in [4.78, 5) is -0.402. The van der Waals surface area contributed by atoms with E-state index >= 15 is 0 Å². The fraction of sp³-hybridized carbons (Fsp3) is 0.455. The van der Waals surface area contributed by atoms with E-state index < -0.39 is 20.7 Å². The Morgan fingerprint density at radius 2 is 2.16 bits per heavy atom. The molecule has 1 saturated heterocycles. The van der Waals surface area contributed by atoms with Crippen molar-refractivity contribution in [2.45, 2.75) is 23.8 Å². The maximum atomic E-state index is 13.7. The van der Waals surface area contributed by atoms with Crippen LogP contribution in [0.25, 0.3) is 0 Å². The highest BCUT2D eigenvalue weighted by molar-refractivity contribution is 7.89. The van der Waals surface area contributed by atoms with Gasteiger partial charge in [0, 0.05) is 12.6 Å². The molecule has 1 aromatic rings. The van der Waals surface area contributed by atoms with E-state index in [2.05, 4.69) is 10.0 Å². The number of halogens is 3. The molecule has 0 aliphatic carbocycles. The molecule has 1 aromatic carbocycles. The van der Waals surface area contributed by atoms with Crippen LogP contribution in [0.4, 0.5) is 4.39 Å². The van der Waals surface area contributed by atoms with Crippen LogP contribution in [0, 0.1) is 5.82 Å². The van der Waals surface area contributed by atoms with Gasteiger partial charge in [0.1, 0.15) is 4.90 Å². The smallest absolute Gasteiger partial charge is 0.243 e. The third-order valence-corrected chi connectivity index (χ3v) is 4.65. The second-order valence-corrected chi connectivity index (χ2v) is 6.31. The van der Waals surface area contributed by atoms with Crippen molar-refractivity contribution in [2.24, 2.45) is 0 Å². The number of sulfonamides is 1. The van der Waals surface area contributed by atoms with Crippen molar-refractivity contribution in [2.75, 3.05) is 13.1 Å². The van der Waals surface area contributed by atoms with Crippen LogP contribution >= 0.6 is 24.0 Å². The molecule has 0 aromatic heterocycles. The zero-order valence-corrected chi connectivity index (χ0v) is 12.4. The Hall–Kier alpha value is -0.400. The Kier molecular flexibility index (Phi) is 6.01. The monoisotopic (exact) mass is 328 g/mol. The van der Waals surface area contributed by atoms with Crippen LogP contribution in [-0.4, -0.2) is 27.5 Å². The van der Waals surface area contributed by atoms with Gasteiger partial charge in [0.25, 0.3) is 0 Å². The van der Waals surface area contributed by atoms with Gasteiger partial charge < -0.3 is 5.32 Å². The van der Waals surface area contributed by atoms with Gasteiger partial charge in [0.05, 0.1) is 5.02 Å². The van der Waals surface area contributed by atoms with Crippen molar-refractivity contribution in [1.82, 2.24) is 10.0 Å². The van der Waals surface area contributed by atoms with Crippen molar-refractivity contribution < 1.29 is 12.8 Å². The minimum Gasteiger partial charge on any atom is -0.315 e. The standard InChI is InChI=1S/C11H14ClFN2O2S.ClH/c12-9-4-1-5-10(11(9)13)18(16,17)15-8-3-2-6-14-7-8;/h1,4-5,8,14-15H,2-3,6-7H2;1H/t8-;/m1./s1. The minimum absolute atomic E-state index is 0. The molecule has 0 spiro atoms.